The molecular formula is C15H17BN4. The topological polar surface area (TPSA) is 53.2 Å². The summed E-state index contributed by atoms with van der Waals surface area (Å²) in [7, 11) is 7.98. The van der Waals surface area contributed by atoms with E-state index in [1.807, 2.05) is 36.0 Å². The van der Waals surface area contributed by atoms with E-state index in [0.717, 1.165) is 30.5 Å². The van der Waals surface area contributed by atoms with Gasteiger partial charge in [-0.3, -0.25) is 5.41 Å². The number of hydrogen-bond acceptors (Lipinski definition) is 2. The zero-order valence-corrected chi connectivity index (χ0v) is 11.6. The smallest absolute Gasteiger partial charge is 0.150 e. The van der Waals surface area contributed by atoms with E-state index < -0.39 is 0 Å². The Balaban J connectivity index is 1.87. The molecule has 1 saturated heterocycles. The number of rotatable bonds is 2. The van der Waals surface area contributed by atoms with Crippen molar-refractivity contribution in [3.8, 4) is 0 Å². The molecule has 20 heavy (non-hydrogen) atoms. The molecular weight excluding hydrogens is 247 g/mol. The summed E-state index contributed by atoms with van der Waals surface area (Å²) in [4.78, 5) is 4.26. The van der Waals surface area contributed by atoms with Gasteiger partial charge in [0.05, 0.1) is 0 Å². The van der Waals surface area contributed by atoms with Gasteiger partial charge in [-0.1, -0.05) is 12.1 Å². The van der Waals surface area contributed by atoms with Gasteiger partial charge in [-0.2, -0.15) is 0 Å². The first kappa shape index (κ1) is 13.1. The highest BCUT2D eigenvalue weighted by Crippen LogP contribution is 2.17. The average Bonchev–Trinajstić information content (AvgIpc) is 3.09. The van der Waals surface area contributed by atoms with E-state index in [4.69, 9.17) is 13.3 Å². The molecule has 2 N–H and O–H groups in total. The molecule has 3 rings (SSSR count). The van der Waals surface area contributed by atoms with Crippen molar-refractivity contribution in [1.29, 1.82) is 5.41 Å². The third-order valence-corrected chi connectivity index (χ3v) is 3.82. The largest absolute Gasteiger partial charge is 0.351 e. The molecule has 1 aromatic carbocycles. The molecule has 1 fully saturated rings. The normalized spacial score (nSPS) is 19.6. The van der Waals surface area contributed by atoms with E-state index in [-0.39, 0.29) is 11.9 Å². The third-order valence-electron chi connectivity index (χ3n) is 3.82. The van der Waals surface area contributed by atoms with Gasteiger partial charge in [-0.15, -0.1) is 0 Å². The van der Waals surface area contributed by atoms with Crippen molar-refractivity contribution in [2.24, 2.45) is 12.0 Å². The molecule has 0 amide bonds. The van der Waals surface area contributed by atoms with Crippen molar-refractivity contribution in [2.45, 2.75) is 18.9 Å². The van der Waals surface area contributed by atoms with Crippen molar-refractivity contribution >= 4 is 30.2 Å². The predicted octanol–water partition coefficient (Wildman–Crippen LogP) is 1.82. The van der Waals surface area contributed by atoms with E-state index in [9.17, 15) is 0 Å². The Hall–Kier alpha value is -1.88. The second-order valence-electron chi connectivity index (χ2n) is 5.23. The van der Waals surface area contributed by atoms with Crippen LogP contribution in [-0.2, 0) is 7.05 Å². The van der Waals surface area contributed by atoms with Crippen molar-refractivity contribution in [2.75, 3.05) is 6.54 Å². The summed E-state index contributed by atoms with van der Waals surface area (Å²) in [5.74, 6) is 0.222. The Morgan fingerprint density at radius 3 is 3.05 bits per heavy atom. The summed E-state index contributed by atoms with van der Waals surface area (Å²) < 4.78 is 2.04. The van der Waals surface area contributed by atoms with E-state index >= 15 is 0 Å². The number of aromatic nitrogens is 1. The van der Waals surface area contributed by atoms with Gasteiger partial charge in [0.25, 0.3) is 0 Å². The van der Waals surface area contributed by atoms with Crippen molar-refractivity contribution in [1.82, 2.24) is 9.88 Å². The monoisotopic (exact) mass is 264 g/mol. The zero-order valence-electron chi connectivity index (χ0n) is 11.6. The Morgan fingerprint density at radius 1 is 1.45 bits per heavy atom. The lowest BCUT2D eigenvalue weighted by Crippen LogP contribution is -2.31. The first-order chi connectivity index (χ1) is 9.65. The molecule has 2 radical (unpaired) electrons. The molecule has 4 nitrogen and oxygen atoms in total. The fourth-order valence-corrected chi connectivity index (χ4v) is 2.62. The first-order valence-corrected chi connectivity index (χ1v) is 6.86. The molecule has 5 heteroatoms. The van der Waals surface area contributed by atoms with Crippen LogP contribution in [0.25, 0.3) is 10.9 Å². The molecule has 0 saturated carbocycles. The third kappa shape index (κ3) is 2.41. The lowest BCUT2D eigenvalue weighted by atomic mass is 9.92. The lowest BCUT2D eigenvalue weighted by molar-refractivity contribution is 0.770. The minimum Gasteiger partial charge on any atom is -0.351 e. The maximum atomic E-state index is 8.12. The number of nitrogens with zero attached hydrogens (tertiary/aromatic N) is 2. The molecule has 0 aliphatic carbocycles. The molecule has 100 valence electrons. The first-order valence-electron chi connectivity index (χ1n) is 6.86. The van der Waals surface area contributed by atoms with Gasteiger partial charge >= 0.3 is 0 Å². The van der Waals surface area contributed by atoms with Crippen molar-refractivity contribution < 1.29 is 0 Å². The summed E-state index contributed by atoms with van der Waals surface area (Å²) in [6, 6.07) is 8.09. The summed E-state index contributed by atoms with van der Waals surface area (Å²) >= 11 is 0. The van der Waals surface area contributed by atoms with Crippen LogP contribution in [0.1, 0.15) is 18.4 Å². The van der Waals surface area contributed by atoms with Gasteiger partial charge in [-0.25, -0.2) is 4.99 Å². The number of benzene rings is 1. The fraction of sp³-hybridized carbons (Fsp3) is 0.333. The van der Waals surface area contributed by atoms with E-state index in [1.54, 1.807) is 0 Å². The maximum Gasteiger partial charge on any atom is 0.150 e. The van der Waals surface area contributed by atoms with Gasteiger partial charge in [0.15, 0.2) is 5.84 Å². The number of amidine groups is 1. The summed E-state index contributed by atoms with van der Waals surface area (Å²) in [6.45, 7) is 0.976. The van der Waals surface area contributed by atoms with Gasteiger partial charge < -0.3 is 9.88 Å². The molecule has 0 bridgehead atoms. The average molecular weight is 264 g/mol. The lowest BCUT2D eigenvalue weighted by Gasteiger charge is -2.10. The fourth-order valence-electron chi connectivity index (χ4n) is 2.62. The Labute approximate surface area is 119 Å². The number of hydrogen-bond donors (Lipinski definition) is 2. The van der Waals surface area contributed by atoms with Gasteiger partial charge in [0.1, 0.15) is 7.85 Å². The summed E-state index contributed by atoms with van der Waals surface area (Å²) in [6.07, 6.45) is 4.13. The second-order valence-corrected chi connectivity index (χ2v) is 5.23. The summed E-state index contributed by atoms with van der Waals surface area (Å²) in [5, 5.41) is 12.6. The van der Waals surface area contributed by atoms with Gasteiger partial charge in [-0.05, 0) is 42.5 Å². The van der Waals surface area contributed by atoms with E-state index in [2.05, 4.69) is 16.4 Å². The number of aliphatic imine (C=N–C) groups is 1. The molecule has 0 spiro atoms. The Bertz CT molecular complexity index is 680. The summed E-state index contributed by atoms with van der Waals surface area (Å²) in [5.41, 5.74) is 2.40. The Morgan fingerprint density at radius 2 is 2.30 bits per heavy atom. The van der Waals surface area contributed by atoms with Crippen LogP contribution in [0.2, 0.25) is 0 Å². The molecule has 1 aliphatic heterocycles. The molecule has 1 aliphatic rings. The van der Waals surface area contributed by atoms with Gasteiger partial charge in [0.2, 0.25) is 0 Å². The standard InChI is InChI=1S/C15H17BN4/c1-20-8-6-10-4-5-11(9-13(10)20)15(17)19-14(16)12-3-2-7-18-12/h4-6,8-9,12,17-18H,2-3,7H2,1H3. The Kier molecular flexibility index (Phi) is 3.44. The van der Waals surface area contributed by atoms with Crippen LogP contribution in [0.5, 0.6) is 0 Å². The van der Waals surface area contributed by atoms with Crippen LogP contribution in [-0.4, -0.2) is 36.4 Å². The minimum absolute atomic E-state index is 0.120. The van der Waals surface area contributed by atoms with Crippen molar-refractivity contribution in [3.63, 3.8) is 0 Å². The maximum absolute atomic E-state index is 8.12. The zero-order chi connectivity index (χ0) is 14.1. The van der Waals surface area contributed by atoms with Gasteiger partial charge in [0, 0.05) is 30.4 Å². The number of aryl methyl sites for hydroxylation is 1. The van der Waals surface area contributed by atoms with Crippen molar-refractivity contribution in [3.05, 3.63) is 36.0 Å². The highest BCUT2D eigenvalue weighted by Gasteiger charge is 2.16. The van der Waals surface area contributed by atoms with E-state index in [1.165, 1.54) is 5.39 Å². The van der Waals surface area contributed by atoms with Crippen LogP contribution in [0, 0.1) is 5.41 Å². The second kappa shape index (κ2) is 5.25. The van der Waals surface area contributed by atoms with Crippen LogP contribution in [0.3, 0.4) is 0 Å². The molecule has 1 aromatic heterocycles. The molecule has 2 heterocycles. The highest BCUT2D eigenvalue weighted by atomic mass is 15.0. The number of nitrogens with one attached hydrogen (secondary N) is 2. The molecule has 2 aromatic rings. The molecule has 1 atom stereocenters. The SMILES string of the molecule is [B]C(=NC(=N)c1ccc2ccn(C)c2c1)C1CCCN1. The van der Waals surface area contributed by atoms with Crippen LogP contribution < -0.4 is 5.32 Å². The minimum atomic E-state index is 0.120. The van der Waals surface area contributed by atoms with Crippen LogP contribution in [0.4, 0.5) is 0 Å². The predicted molar refractivity (Wildman–Crippen MR) is 84.0 cm³/mol. The highest BCUT2D eigenvalue weighted by molar-refractivity contribution is 6.62. The van der Waals surface area contributed by atoms with E-state index in [0.29, 0.717) is 5.61 Å². The quantitative estimate of drug-likeness (QED) is 0.485. The van der Waals surface area contributed by atoms with Crippen LogP contribution in [0.15, 0.2) is 35.5 Å². The number of fused-ring (bicyclic) bond motifs is 1. The molecule has 1 unspecified atom stereocenters. The van der Waals surface area contributed by atoms with Crippen LogP contribution >= 0.6 is 0 Å².